The summed E-state index contributed by atoms with van der Waals surface area (Å²) in [5.74, 6) is 1.90. The number of fused-ring (bicyclic) bond motifs is 2. The average Bonchev–Trinajstić information content (AvgIpc) is 3.49. The summed E-state index contributed by atoms with van der Waals surface area (Å²) in [6.45, 7) is 0. The number of hydrogen-bond acceptors (Lipinski definition) is 7. The lowest BCUT2D eigenvalue weighted by atomic mass is 10.3. The number of rotatable bonds is 5. The molecule has 2 aromatic carbocycles. The molecule has 3 N–H and O–H groups in total. The summed E-state index contributed by atoms with van der Waals surface area (Å²) in [5, 5.41) is 1.32. The zero-order valence-corrected chi connectivity index (χ0v) is 18.2. The number of hydrogen-bond donors (Lipinski definition) is 3. The molecule has 0 fully saturated rings. The third-order valence-corrected chi connectivity index (χ3v) is 5.32. The van der Waals surface area contributed by atoms with Crippen molar-refractivity contribution in [1.82, 2.24) is 19.9 Å². The Hall–Kier alpha value is -3.50. The van der Waals surface area contributed by atoms with Gasteiger partial charge in [-0.25, -0.2) is 4.98 Å². The summed E-state index contributed by atoms with van der Waals surface area (Å²) < 4.78 is 16.1. The predicted octanol–water partition coefficient (Wildman–Crippen LogP) is 5.36. The van der Waals surface area contributed by atoms with Crippen LogP contribution in [-0.2, 0) is 0 Å². The SMILES string of the molecule is COc1ccc2[nH]c(=S)[nH]c2c1.COc1ccc2nc(Sc3ccc(C=O)o3)[nH]c2c1. The first kappa shape index (κ1) is 20.8. The van der Waals surface area contributed by atoms with Gasteiger partial charge in [-0.15, -0.1) is 0 Å². The van der Waals surface area contributed by atoms with E-state index in [0.29, 0.717) is 27.1 Å². The van der Waals surface area contributed by atoms with Crippen molar-refractivity contribution in [2.75, 3.05) is 14.2 Å². The van der Waals surface area contributed by atoms with Gasteiger partial charge in [0, 0.05) is 12.1 Å². The number of benzene rings is 2. The third-order valence-electron chi connectivity index (χ3n) is 4.31. The summed E-state index contributed by atoms with van der Waals surface area (Å²) in [5.41, 5.74) is 3.72. The first-order valence-electron chi connectivity index (χ1n) is 9.10. The van der Waals surface area contributed by atoms with Gasteiger partial charge in [0.25, 0.3) is 0 Å². The maximum Gasteiger partial charge on any atom is 0.185 e. The van der Waals surface area contributed by atoms with Gasteiger partial charge in [-0.3, -0.25) is 4.79 Å². The Labute approximate surface area is 186 Å². The number of nitrogens with one attached hydrogen (secondary N) is 3. The fourth-order valence-electron chi connectivity index (χ4n) is 2.83. The predicted molar refractivity (Wildman–Crippen MR) is 121 cm³/mol. The maximum absolute atomic E-state index is 10.5. The van der Waals surface area contributed by atoms with Crippen LogP contribution < -0.4 is 9.47 Å². The molecule has 5 aromatic rings. The number of carbonyl (C=O) groups is 1. The molecule has 158 valence electrons. The van der Waals surface area contributed by atoms with Crippen LogP contribution in [0.15, 0.2) is 63.2 Å². The number of methoxy groups -OCH3 is 2. The molecule has 10 heteroatoms. The van der Waals surface area contributed by atoms with Gasteiger partial charge in [-0.2, -0.15) is 0 Å². The van der Waals surface area contributed by atoms with Gasteiger partial charge in [-0.05, 0) is 60.4 Å². The normalized spacial score (nSPS) is 10.6. The Morgan fingerprint density at radius 1 is 0.935 bits per heavy atom. The monoisotopic (exact) mass is 454 g/mol. The molecule has 8 nitrogen and oxygen atoms in total. The molecule has 0 spiro atoms. The van der Waals surface area contributed by atoms with Gasteiger partial charge in [0.05, 0.1) is 36.3 Å². The summed E-state index contributed by atoms with van der Waals surface area (Å²) in [6.07, 6.45) is 0.674. The highest BCUT2D eigenvalue weighted by Crippen LogP contribution is 2.29. The van der Waals surface area contributed by atoms with Gasteiger partial charge in [0.15, 0.2) is 27.1 Å². The van der Waals surface area contributed by atoms with Crippen molar-refractivity contribution < 1.29 is 18.7 Å². The molecule has 0 bridgehead atoms. The zero-order chi connectivity index (χ0) is 21.8. The van der Waals surface area contributed by atoms with Gasteiger partial charge >= 0.3 is 0 Å². The van der Waals surface area contributed by atoms with Crippen LogP contribution in [-0.4, -0.2) is 40.4 Å². The van der Waals surface area contributed by atoms with Crippen LogP contribution in [0.5, 0.6) is 11.5 Å². The highest BCUT2D eigenvalue weighted by molar-refractivity contribution is 7.99. The standard InChI is InChI=1S/C13H10N2O3S.C8H8N2OS/c1-17-8-2-4-10-11(6-8)15-13(14-10)19-12-5-3-9(7-16)18-12;1-11-5-2-3-6-7(4-5)10-8(12)9-6/h2-7H,1H3,(H,14,15);2-4H,1H3,(H2,9,10,12). The average molecular weight is 455 g/mol. The van der Waals surface area contributed by atoms with E-state index in [1.165, 1.54) is 11.8 Å². The van der Waals surface area contributed by atoms with E-state index in [1.807, 2.05) is 36.4 Å². The highest BCUT2D eigenvalue weighted by atomic mass is 32.2. The van der Waals surface area contributed by atoms with Crippen LogP contribution in [0.3, 0.4) is 0 Å². The third kappa shape index (κ3) is 4.81. The van der Waals surface area contributed by atoms with Crippen molar-refractivity contribution in [2.45, 2.75) is 10.2 Å². The van der Waals surface area contributed by atoms with Crippen LogP contribution in [0.4, 0.5) is 0 Å². The number of aromatic amines is 3. The van der Waals surface area contributed by atoms with Crippen molar-refractivity contribution >= 4 is 52.3 Å². The Morgan fingerprint density at radius 2 is 1.65 bits per heavy atom. The van der Waals surface area contributed by atoms with Gasteiger partial charge in [-0.1, -0.05) is 0 Å². The fourth-order valence-corrected chi connectivity index (χ4v) is 3.82. The second kappa shape index (κ2) is 9.11. The van der Waals surface area contributed by atoms with Crippen LogP contribution in [0.2, 0.25) is 0 Å². The van der Waals surface area contributed by atoms with Crippen molar-refractivity contribution in [2.24, 2.45) is 0 Å². The molecule has 0 aliphatic carbocycles. The molecule has 0 saturated heterocycles. The van der Waals surface area contributed by atoms with Gasteiger partial charge in [0.2, 0.25) is 0 Å². The Balaban J connectivity index is 0.000000166. The first-order chi connectivity index (χ1) is 15.1. The van der Waals surface area contributed by atoms with E-state index in [4.69, 9.17) is 26.1 Å². The minimum atomic E-state index is 0.306. The van der Waals surface area contributed by atoms with E-state index in [2.05, 4.69) is 19.9 Å². The number of aromatic nitrogens is 4. The molecule has 0 unspecified atom stereocenters. The summed E-state index contributed by atoms with van der Waals surface area (Å²) >= 11 is 6.27. The fraction of sp³-hybridized carbons (Fsp3) is 0.0952. The van der Waals surface area contributed by atoms with Gasteiger partial charge in [0.1, 0.15) is 11.5 Å². The summed E-state index contributed by atoms with van der Waals surface area (Å²) in [4.78, 5) is 24.2. The van der Waals surface area contributed by atoms with E-state index in [0.717, 1.165) is 33.6 Å². The second-order valence-electron chi connectivity index (χ2n) is 6.29. The van der Waals surface area contributed by atoms with E-state index in [9.17, 15) is 4.79 Å². The Morgan fingerprint density at radius 3 is 2.35 bits per heavy atom. The second-order valence-corrected chi connectivity index (χ2v) is 7.69. The number of imidazole rings is 2. The van der Waals surface area contributed by atoms with E-state index >= 15 is 0 Å². The van der Waals surface area contributed by atoms with Crippen LogP contribution in [0.1, 0.15) is 10.6 Å². The van der Waals surface area contributed by atoms with Crippen molar-refractivity contribution in [3.8, 4) is 11.5 Å². The number of furan rings is 1. The van der Waals surface area contributed by atoms with Crippen molar-refractivity contribution in [3.05, 3.63) is 59.1 Å². The van der Waals surface area contributed by atoms with Crippen LogP contribution >= 0.6 is 24.0 Å². The molecular weight excluding hydrogens is 436 g/mol. The topological polar surface area (TPSA) is 109 Å². The quantitative estimate of drug-likeness (QED) is 0.242. The number of H-pyrrole nitrogens is 3. The van der Waals surface area contributed by atoms with E-state index < -0.39 is 0 Å². The molecule has 0 saturated carbocycles. The largest absolute Gasteiger partial charge is 0.497 e. The molecule has 3 heterocycles. The molecule has 0 atom stereocenters. The molecule has 3 aromatic heterocycles. The van der Waals surface area contributed by atoms with Crippen molar-refractivity contribution in [3.63, 3.8) is 0 Å². The van der Waals surface area contributed by atoms with Crippen molar-refractivity contribution in [1.29, 1.82) is 0 Å². The zero-order valence-electron chi connectivity index (χ0n) is 16.6. The first-order valence-corrected chi connectivity index (χ1v) is 10.3. The summed E-state index contributed by atoms with van der Waals surface area (Å²) in [7, 11) is 3.26. The molecule has 0 aliphatic rings. The lowest BCUT2D eigenvalue weighted by molar-refractivity contribution is 0.109. The molecule has 0 amide bonds. The van der Waals surface area contributed by atoms with Crippen LogP contribution in [0, 0.1) is 4.77 Å². The summed E-state index contributed by atoms with van der Waals surface area (Å²) in [6, 6.07) is 14.7. The molecular formula is C21H18N4O4S2. The smallest absolute Gasteiger partial charge is 0.185 e. The number of nitrogens with zero attached hydrogens (tertiary/aromatic N) is 1. The Bertz CT molecular complexity index is 1400. The number of ether oxygens (including phenoxy) is 2. The lowest BCUT2D eigenvalue weighted by Crippen LogP contribution is -1.81. The lowest BCUT2D eigenvalue weighted by Gasteiger charge is -1.96. The van der Waals surface area contributed by atoms with Gasteiger partial charge < -0.3 is 28.8 Å². The molecule has 0 radical (unpaired) electrons. The highest BCUT2D eigenvalue weighted by Gasteiger charge is 2.08. The van der Waals surface area contributed by atoms with E-state index in [-0.39, 0.29) is 0 Å². The molecule has 31 heavy (non-hydrogen) atoms. The number of aldehydes is 1. The minimum absolute atomic E-state index is 0.306. The van der Waals surface area contributed by atoms with Crippen LogP contribution in [0.25, 0.3) is 22.1 Å². The maximum atomic E-state index is 10.5. The molecule has 5 rings (SSSR count). The number of carbonyl (C=O) groups excluding carboxylic acids is 1. The minimum Gasteiger partial charge on any atom is -0.497 e. The molecule has 0 aliphatic heterocycles. The van der Waals surface area contributed by atoms with E-state index in [1.54, 1.807) is 26.4 Å². The Kier molecular flexibility index (Phi) is 6.10.